The number of carbonyl (C=O) groups is 2. The van der Waals surface area contributed by atoms with Gasteiger partial charge in [-0.1, -0.05) is 24.3 Å². The van der Waals surface area contributed by atoms with E-state index in [9.17, 15) is 14.0 Å². The molecule has 0 saturated carbocycles. The lowest BCUT2D eigenvalue weighted by Crippen LogP contribution is -2.34. The molecule has 0 aliphatic rings. The highest BCUT2D eigenvalue weighted by atomic mass is 32.1. The van der Waals surface area contributed by atoms with Crippen LogP contribution in [-0.4, -0.2) is 24.9 Å². The summed E-state index contributed by atoms with van der Waals surface area (Å²) in [5, 5.41) is 6.57. The van der Waals surface area contributed by atoms with E-state index in [4.69, 9.17) is 0 Å². The maximum atomic E-state index is 13.5. The van der Waals surface area contributed by atoms with Crippen LogP contribution in [0.3, 0.4) is 0 Å². The first-order valence-electron chi connectivity index (χ1n) is 8.28. The standard InChI is InChI=1S/C20H19FN2O2S/c1-12-7-8-14(11-16(12)21)19(24)22-9-10-23-20(25)18-13(2)15-5-3-4-6-17(15)26-18/h3-8,11H,9-10H2,1-2H3,(H,22,24)(H,23,25). The molecule has 0 bridgehead atoms. The van der Waals surface area contributed by atoms with Crippen LogP contribution >= 0.6 is 11.3 Å². The molecule has 6 heteroatoms. The smallest absolute Gasteiger partial charge is 0.261 e. The minimum absolute atomic E-state index is 0.153. The zero-order chi connectivity index (χ0) is 18.7. The molecule has 0 unspecified atom stereocenters. The van der Waals surface area contributed by atoms with Gasteiger partial charge in [-0.3, -0.25) is 9.59 Å². The third kappa shape index (κ3) is 3.75. The number of amides is 2. The fourth-order valence-corrected chi connectivity index (χ4v) is 3.78. The number of hydrogen-bond donors (Lipinski definition) is 2. The first kappa shape index (κ1) is 18.1. The zero-order valence-electron chi connectivity index (χ0n) is 14.6. The number of nitrogens with one attached hydrogen (secondary N) is 2. The van der Waals surface area contributed by atoms with Crippen molar-refractivity contribution in [2.45, 2.75) is 13.8 Å². The Labute approximate surface area is 155 Å². The van der Waals surface area contributed by atoms with E-state index in [0.717, 1.165) is 15.6 Å². The first-order valence-corrected chi connectivity index (χ1v) is 9.09. The lowest BCUT2D eigenvalue weighted by molar-refractivity contribution is 0.0929. The largest absolute Gasteiger partial charge is 0.350 e. The lowest BCUT2D eigenvalue weighted by atomic mass is 10.1. The van der Waals surface area contributed by atoms with Crippen molar-refractivity contribution in [2.24, 2.45) is 0 Å². The van der Waals surface area contributed by atoms with Gasteiger partial charge in [-0.25, -0.2) is 4.39 Å². The summed E-state index contributed by atoms with van der Waals surface area (Å²) in [7, 11) is 0. The molecule has 0 spiro atoms. The predicted molar refractivity (Wildman–Crippen MR) is 102 cm³/mol. The van der Waals surface area contributed by atoms with Gasteiger partial charge in [-0.05, 0) is 48.6 Å². The SMILES string of the molecule is Cc1ccc(C(=O)NCCNC(=O)c2sc3ccccc3c2C)cc1F. The number of rotatable bonds is 5. The Balaban J connectivity index is 1.54. The Morgan fingerprint density at radius 3 is 2.38 bits per heavy atom. The monoisotopic (exact) mass is 370 g/mol. The van der Waals surface area contributed by atoms with Crippen molar-refractivity contribution in [1.82, 2.24) is 10.6 Å². The normalized spacial score (nSPS) is 10.7. The van der Waals surface area contributed by atoms with Crippen LogP contribution < -0.4 is 10.6 Å². The molecule has 1 heterocycles. The molecule has 0 fully saturated rings. The van der Waals surface area contributed by atoms with Gasteiger partial charge in [0.1, 0.15) is 5.82 Å². The number of hydrogen-bond acceptors (Lipinski definition) is 3. The van der Waals surface area contributed by atoms with Gasteiger partial charge in [0.2, 0.25) is 0 Å². The second-order valence-corrected chi connectivity index (χ2v) is 7.08. The number of aryl methyl sites for hydroxylation is 2. The number of carbonyl (C=O) groups excluding carboxylic acids is 2. The number of benzene rings is 2. The highest BCUT2D eigenvalue weighted by Gasteiger charge is 2.15. The average molecular weight is 370 g/mol. The molecule has 4 nitrogen and oxygen atoms in total. The van der Waals surface area contributed by atoms with Gasteiger partial charge in [-0.15, -0.1) is 11.3 Å². The van der Waals surface area contributed by atoms with Gasteiger partial charge >= 0.3 is 0 Å². The van der Waals surface area contributed by atoms with Crippen LogP contribution in [0, 0.1) is 19.7 Å². The summed E-state index contributed by atoms with van der Waals surface area (Å²) in [6.07, 6.45) is 0. The van der Waals surface area contributed by atoms with Crippen molar-refractivity contribution >= 4 is 33.2 Å². The Morgan fingerprint density at radius 2 is 1.69 bits per heavy atom. The Kier molecular flexibility index (Phi) is 5.32. The molecule has 3 rings (SSSR count). The number of fused-ring (bicyclic) bond motifs is 1. The van der Waals surface area contributed by atoms with E-state index in [1.807, 2.05) is 31.2 Å². The maximum Gasteiger partial charge on any atom is 0.261 e. The highest BCUT2D eigenvalue weighted by Crippen LogP contribution is 2.30. The van der Waals surface area contributed by atoms with E-state index in [1.165, 1.54) is 17.4 Å². The van der Waals surface area contributed by atoms with Crippen molar-refractivity contribution in [3.05, 3.63) is 69.8 Å². The first-order chi connectivity index (χ1) is 12.5. The molecule has 0 aliphatic carbocycles. The van der Waals surface area contributed by atoms with E-state index >= 15 is 0 Å². The number of thiophene rings is 1. The second-order valence-electron chi connectivity index (χ2n) is 6.03. The quantitative estimate of drug-likeness (QED) is 0.671. The van der Waals surface area contributed by atoms with E-state index in [-0.39, 0.29) is 23.9 Å². The predicted octanol–water partition coefficient (Wildman–Crippen LogP) is 3.82. The Bertz CT molecular complexity index is 981. The van der Waals surface area contributed by atoms with Crippen LogP contribution in [0.25, 0.3) is 10.1 Å². The molecule has 0 saturated heterocycles. The molecular weight excluding hydrogens is 351 g/mol. The third-order valence-electron chi connectivity index (χ3n) is 4.18. The lowest BCUT2D eigenvalue weighted by Gasteiger charge is -2.07. The van der Waals surface area contributed by atoms with Crippen LogP contribution in [0.2, 0.25) is 0 Å². The Hall–Kier alpha value is -2.73. The minimum atomic E-state index is -0.411. The summed E-state index contributed by atoms with van der Waals surface area (Å²) in [6, 6.07) is 12.2. The van der Waals surface area contributed by atoms with Crippen molar-refractivity contribution in [3.63, 3.8) is 0 Å². The van der Waals surface area contributed by atoms with Crippen LogP contribution in [0.1, 0.15) is 31.2 Å². The zero-order valence-corrected chi connectivity index (χ0v) is 15.4. The molecule has 0 radical (unpaired) electrons. The summed E-state index contributed by atoms with van der Waals surface area (Å²) in [4.78, 5) is 25.1. The molecule has 0 aliphatic heterocycles. The van der Waals surface area contributed by atoms with E-state index < -0.39 is 5.82 Å². The molecule has 2 aromatic carbocycles. The summed E-state index contributed by atoms with van der Waals surface area (Å²) in [5.41, 5.74) is 1.72. The average Bonchev–Trinajstić information content (AvgIpc) is 2.98. The summed E-state index contributed by atoms with van der Waals surface area (Å²) >= 11 is 1.46. The Morgan fingerprint density at radius 1 is 1.00 bits per heavy atom. The molecule has 0 atom stereocenters. The highest BCUT2D eigenvalue weighted by molar-refractivity contribution is 7.21. The van der Waals surface area contributed by atoms with Gasteiger partial charge in [0.25, 0.3) is 11.8 Å². The van der Waals surface area contributed by atoms with Gasteiger partial charge in [-0.2, -0.15) is 0 Å². The molecule has 2 amide bonds. The van der Waals surface area contributed by atoms with Crippen LogP contribution in [0.15, 0.2) is 42.5 Å². The van der Waals surface area contributed by atoms with Crippen LogP contribution in [0.4, 0.5) is 4.39 Å². The van der Waals surface area contributed by atoms with Crippen molar-refractivity contribution in [1.29, 1.82) is 0 Å². The topological polar surface area (TPSA) is 58.2 Å². The van der Waals surface area contributed by atoms with Gasteiger partial charge in [0, 0.05) is 23.4 Å². The molecule has 2 N–H and O–H groups in total. The fraction of sp³-hybridized carbons (Fsp3) is 0.200. The van der Waals surface area contributed by atoms with Crippen molar-refractivity contribution in [2.75, 3.05) is 13.1 Å². The third-order valence-corrected chi connectivity index (χ3v) is 5.45. The van der Waals surface area contributed by atoms with E-state index in [1.54, 1.807) is 19.1 Å². The maximum absolute atomic E-state index is 13.5. The van der Waals surface area contributed by atoms with Crippen molar-refractivity contribution in [3.8, 4) is 0 Å². The fourth-order valence-electron chi connectivity index (χ4n) is 2.66. The number of halogens is 1. The van der Waals surface area contributed by atoms with Gasteiger partial charge in [0.15, 0.2) is 0 Å². The van der Waals surface area contributed by atoms with Gasteiger partial charge < -0.3 is 10.6 Å². The van der Waals surface area contributed by atoms with Crippen molar-refractivity contribution < 1.29 is 14.0 Å². The van der Waals surface area contributed by atoms with Gasteiger partial charge in [0.05, 0.1) is 4.88 Å². The molecule has 134 valence electrons. The molecule has 3 aromatic rings. The minimum Gasteiger partial charge on any atom is -0.350 e. The molecule has 1 aromatic heterocycles. The summed E-state index contributed by atoms with van der Waals surface area (Å²) in [6.45, 7) is 4.14. The summed E-state index contributed by atoms with van der Waals surface area (Å²) < 4.78 is 14.6. The van der Waals surface area contributed by atoms with E-state index in [0.29, 0.717) is 17.0 Å². The van der Waals surface area contributed by atoms with Crippen LogP contribution in [0.5, 0.6) is 0 Å². The second kappa shape index (κ2) is 7.66. The molecule has 26 heavy (non-hydrogen) atoms. The molecular formula is C20H19FN2O2S. The van der Waals surface area contributed by atoms with Crippen LogP contribution in [-0.2, 0) is 0 Å². The summed E-state index contributed by atoms with van der Waals surface area (Å²) in [5.74, 6) is -0.929. The van der Waals surface area contributed by atoms with E-state index in [2.05, 4.69) is 10.6 Å².